The lowest BCUT2D eigenvalue weighted by molar-refractivity contribution is 1.30. The van der Waals surface area contributed by atoms with Gasteiger partial charge in [-0.1, -0.05) is 158 Å². The van der Waals surface area contributed by atoms with Crippen molar-refractivity contribution in [1.29, 1.82) is 0 Å². The lowest BCUT2D eigenvalue weighted by Gasteiger charge is -2.29. The van der Waals surface area contributed by atoms with Crippen LogP contribution >= 0.6 is 22.7 Å². The van der Waals surface area contributed by atoms with Crippen LogP contribution in [0.15, 0.2) is 212 Å². The predicted octanol–water partition coefficient (Wildman–Crippen LogP) is 16.6. The molecule has 0 saturated carbocycles. The first-order chi connectivity index (χ1) is 28.3. The molecule has 1 nitrogen and oxygen atoms in total. The molecule has 0 atom stereocenters. The van der Waals surface area contributed by atoms with Crippen LogP contribution in [0.2, 0.25) is 0 Å². The Kier molecular flexibility index (Phi) is 8.28. The van der Waals surface area contributed by atoms with Crippen LogP contribution in [0.1, 0.15) is 0 Å². The SMILES string of the molecule is c1ccc(-c2ccccc2-c2ccccc2-c2ccccc2N(c2ccc(-c3ccc4sc5ccccc5c4c3)cc2)c2cccc3sc4ccccc4c23)cc1. The van der Waals surface area contributed by atoms with E-state index in [4.69, 9.17) is 0 Å². The van der Waals surface area contributed by atoms with E-state index < -0.39 is 0 Å². The summed E-state index contributed by atoms with van der Waals surface area (Å²) in [6, 6.07) is 77.7. The van der Waals surface area contributed by atoms with E-state index in [0.717, 1.165) is 11.4 Å². The Hall–Kier alpha value is -6.78. The number of anilines is 3. The van der Waals surface area contributed by atoms with Crippen LogP contribution in [-0.2, 0) is 0 Å². The predicted molar refractivity (Wildman–Crippen MR) is 249 cm³/mol. The van der Waals surface area contributed by atoms with Gasteiger partial charge in [-0.25, -0.2) is 0 Å². The third kappa shape index (κ3) is 5.83. The minimum Gasteiger partial charge on any atom is -0.309 e. The maximum atomic E-state index is 2.48. The van der Waals surface area contributed by atoms with Crippen LogP contribution in [0.4, 0.5) is 17.1 Å². The van der Waals surface area contributed by atoms with Gasteiger partial charge in [0, 0.05) is 51.6 Å². The van der Waals surface area contributed by atoms with Gasteiger partial charge in [-0.2, -0.15) is 0 Å². The number of hydrogen-bond acceptors (Lipinski definition) is 3. The highest BCUT2D eigenvalue weighted by Crippen LogP contribution is 2.49. The number of para-hydroxylation sites is 1. The van der Waals surface area contributed by atoms with E-state index >= 15 is 0 Å². The van der Waals surface area contributed by atoms with E-state index in [1.165, 1.54) is 90.5 Å². The molecule has 0 aliphatic rings. The Balaban J connectivity index is 1.11. The van der Waals surface area contributed by atoms with Crippen LogP contribution < -0.4 is 4.90 Å². The second kappa shape index (κ2) is 14.1. The Bertz CT molecular complexity index is 3240. The second-order valence-corrected chi connectivity index (χ2v) is 16.6. The van der Waals surface area contributed by atoms with E-state index in [0.29, 0.717) is 0 Å². The first-order valence-electron chi connectivity index (χ1n) is 19.3. The van der Waals surface area contributed by atoms with Gasteiger partial charge in [-0.15, -0.1) is 22.7 Å². The summed E-state index contributed by atoms with van der Waals surface area (Å²) in [5.41, 5.74) is 13.0. The molecular weight excluding hydrogens is 727 g/mol. The molecule has 0 aliphatic heterocycles. The summed E-state index contributed by atoms with van der Waals surface area (Å²) < 4.78 is 5.22. The summed E-state index contributed by atoms with van der Waals surface area (Å²) in [7, 11) is 0. The molecule has 3 heteroatoms. The first kappa shape index (κ1) is 33.5. The lowest BCUT2D eigenvalue weighted by atomic mass is 9.88. The molecule has 0 aliphatic carbocycles. The normalized spacial score (nSPS) is 11.5. The fourth-order valence-corrected chi connectivity index (χ4v) is 10.7. The van der Waals surface area contributed by atoms with Gasteiger partial charge in [0.05, 0.1) is 11.4 Å². The van der Waals surface area contributed by atoms with Gasteiger partial charge >= 0.3 is 0 Å². The molecule has 11 aromatic rings. The van der Waals surface area contributed by atoms with Crippen molar-refractivity contribution in [3.63, 3.8) is 0 Å². The van der Waals surface area contributed by atoms with Gasteiger partial charge in [0.25, 0.3) is 0 Å². The van der Waals surface area contributed by atoms with Gasteiger partial charge in [-0.05, 0) is 93.5 Å². The van der Waals surface area contributed by atoms with E-state index in [1.807, 2.05) is 22.7 Å². The molecule has 0 bridgehead atoms. The number of fused-ring (bicyclic) bond motifs is 6. The van der Waals surface area contributed by atoms with E-state index in [-0.39, 0.29) is 0 Å². The van der Waals surface area contributed by atoms with Gasteiger partial charge in [-0.3, -0.25) is 0 Å². The standard InChI is InChI=1S/C54H35NS2/c1-2-15-37(16-3-1)40-17-4-5-18-41(40)42-19-6-7-20-43(42)44-21-8-11-24-48(44)55(49-25-14-28-53-54(49)46-23-10-13-27-51(46)57-53)39-32-29-36(30-33-39)38-31-34-52-47(35-38)45-22-9-12-26-50(45)56-52/h1-35H. The third-order valence-corrected chi connectivity index (χ3v) is 13.4. The van der Waals surface area contributed by atoms with Crippen molar-refractivity contribution in [3.8, 4) is 44.5 Å². The number of rotatable bonds is 7. The smallest absolute Gasteiger partial charge is 0.0555 e. The number of nitrogens with zero attached hydrogens (tertiary/aromatic N) is 1. The number of benzene rings is 9. The van der Waals surface area contributed by atoms with Gasteiger partial charge in [0.1, 0.15) is 0 Å². The summed E-state index contributed by atoms with van der Waals surface area (Å²) in [4.78, 5) is 2.48. The number of thiophene rings is 2. The lowest BCUT2D eigenvalue weighted by Crippen LogP contribution is -2.11. The molecule has 2 heterocycles. The monoisotopic (exact) mass is 761 g/mol. The van der Waals surface area contributed by atoms with E-state index in [2.05, 4.69) is 217 Å². The average Bonchev–Trinajstić information content (AvgIpc) is 3.86. The van der Waals surface area contributed by atoms with Crippen LogP contribution in [0, 0.1) is 0 Å². The fourth-order valence-electron chi connectivity index (χ4n) is 8.50. The van der Waals surface area contributed by atoms with Crippen molar-refractivity contribution in [2.45, 2.75) is 0 Å². The summed E-state index contributed by atoms with van der Waals surface area (Å²) >= 11 is 3.72. The van der Waals surface area contributed by atoms with Crippen LogP contribution in [-0.4, -0.2) is 0 Å². The van der Waals surface area contributed by atoms with Crippen LogP contribution in [0.25, 0.3) is 84.9 Å². The third-order valence-electron chi connectivity index (χ3n) is 11.1. The maximum Gasteiger partial charge on any atom is 0.0555 e. The zero-order valence-electron chi connectivity index (χ0n) is 31.0. The molecule has 0 N–H and O–H groups in total. The molecule has 9 aromatic carbocycles. The Labute approximate surface area is 340 Å². The molecule has 0 amide bonds. The zero-order chi connectivity index (χ0) is 37.7. The van der Waals surface area contributed by atoms with E-state index in [9.17, 15) is 0 Å². The molecule has 268 valence electrons. The van der Waals surface area contributed by atoms with Gasteiger partial charge in [0.2, 0.25) is 0 Å². The minimum atomic E-state index is 1.11. The van der Waals surface area contributed by atoms with Crippen molar-refractivity contribution in [1.82, 2.24) is 0 Å². The van der Waals surface area contributed by atoms with Crippen molar-refractivity contribution < 1.29 is 0 Å². The second-order valence-electron chi connectivity index (χ2n) is 14.4. The van der Waals surface area contributed by atoms with Crippen molar-refractivity contribution >= 4 is 80.1 Å². The Morgan fingerprint density at radius 1 is 0.281 bits per heavy atom. The molecule has 11 rings (SSSR count). The van der Waals surface area contributed by atoms with Crippen molar-refractivity contribution in [3.05, 3.63) is 212 Å². The summed E-state index contributed by atoms with van der Waals surface area (Å²) in [6.45, 7) is 0. The molecule has 0 radical (unpaired) electrons. The van der Waals surface area contributed by atoms with E-state index in [1.54, 1.807) is 0 Å². The highest BCUT2D eigenvalue weighted by molar-refractivity contribution is 7.26. The van der Waals surface area contributed by atoms with Crippen molar-refractivity contribution in [2.24, 2.45) is 0 Å². The van der Waals surface area contributed by atoms with Gasteiger partial charge in [0.15, 0.2) is 0 Å². The topological polar surface area (TPSA) is 3.24 Å². The summed E-state index contributed by atoms with van der Waals surface area (Å²) in [5, 5.41) is 5.19. The van der Waals surface area contributed by atoms with Crippen molar-refractivity contribution in [2.75, 3.05) is 4.90 Å². The summed E-state index contributed by atoms with van der Waals surface area (Å²) in [6.07, 6.45) is 0. The minimum absolute atomic E-state index is 1.11. The Morgan fingerprint density at radius 3 is 1.56 bits per heavy atom. The molecule has 0 unspecified atom stereocenters. The quantitative estimate of drug-likeness (QED) is 0.156. The fraction of sp³-hybridized carbons (Fsp3) is 0. The molecule has 0 fully saturated rings. The summed E-state index contributed by atoms with van der Waals surface area (Å²) in [5.74, 6) is 0. The molecule has 2 aromatic heterocycles. The first-order valence-corrected chi connectivity index (χ1v) is 21.0. The van der Waals surface area contributed by atoms with Crippen LogP contribution in [0.3, 0.4) is 0 Å². The zero-order valence-corrected chi connectivity index (χ0v) is 32.6. The largest absolute Gasteiger partial charge is 0.309 e. The van der Waals surface area contributed by atoms with Crippen LogP contribution in [0.5, 0.6) is 0 Å². The highest BCUT2D eigenvalue weighted by atomic mass is 32.1. The molecule has 0 spiro atoms. The highest BCUT2D eigenvalue weighted by Gasteiger charge is 2.23. The maximum absolute atomic E-state index is 2.48. The molecule has 0 saturated heterocycles. The Morgan fingerprint density at radius 2 is 0.789 bits per heavy atom. The number of hydrogen-bond donors (Lipinski definition) is 0. The molecule has 57 heavy (non-hydrogen) atoms. The molecular formula is C54H35NS2. The average molecular weight is 762 g/mol. The van der Waals surface area contributed by atoms with Gasteiger partial charge < -0.3 is 4.90 Å².